The van der Waals surface area contributed by atoms with Crippen LogP contribution in [0.4, 0.5) is 10.5 Å². The van der Waals surface area contributed by atoms with Gasteiger partial charge in [0.2, 0.25) is 0 Å². The van der Waals surface area contributed by atoms with Crippen molar-refractivity contribution in [1.29, 1.82) is 0 Å². The second kappa shape index (κ2) is 9.36. The molecule has 3 N–H and O–H groups in total. The fourth-order valence-corrected chi connectivity index (χ4v) is 5.02. The zero-order valence-corrected chi connectivity index (χ0v) is 18.7. The minimum absolute atomic E-state index is 0.0951. The molecule has 1 aliphatic heterocycles. The molecule has 9 nitrogen and oxygen atoms in total. The average Bonchev–Trinajstić information content (AvgIpc) is 2.81. The number of nitrogens with zero attached hydrogens (tertiary/aromatic N) is 1. The van der Waals surface area contributed by atoms with Crippen molar-refractivity contribution in [3.8, 4) is 0 Å². The van der Waals surface area contributed by atoms with Crippen molar-refractivity contribution in [3.63, 3.8) is 0 Å². The first-order chi connectivity index (χ1) is 16.2. The van der Waals surface area contributed by atoms with E-state index in [0.717, 1.165) is 5.56 Å². The number of urea groups is 1. The van der Waals surface area contributed by atoms with Gasteiger partial charge in [0, 0.05) is 12.1 Å². The first kappa shape index (κ1) is 23.0. The van der Waals surface area contributed by atoms with Gasteiger partial charge in [-0.1, -0.05) is 54.6 Å². The topological polar surface area (TPSA) is 133 Å². The Morgan fingerprint density at radius 3 is 2.26 bits per heavy atom. The van der Waals surface area contributed by atoms with E-state index < -0.39 is 27.9 Å². The average molecular weight is 480 g/mol. The van der Waals surface area contributed by atoms with E-state index in [2.05, 4.69) is 10.6 Å². The SMILES string of the molecule is O=C(O)Cc1ccc(CN2C(=O)Nc3ccc(C(=O)NCc4ccccc4)cc3S2(=O)=O)cc1. The molecule has 0 saturated heterocycles. The van der Waals surface area contributed by atoms with Gasteiger partial charge < -0.3 is 15.7 Å². The Labute approximate surface area is 196 Å². The fraction of sp³-hybridized carbons (Fsp3) is 0.125. The highest BCUT2D eigenvalue weighted by molar-refractivity contribution is 7.90. The van der Waals surface area contributed by atoms with Crippen LogP contribution in [0.1, 0.15) is 27.0 Å². The number of carboxylic acids is 1. The van der Waals surface area contributed by atoms with Gasteiger partial charge in [-0.05, 0) is 34.9 Å². The highest BCUT2D eigenvalue weighted by atomic mass is 32.2. The van der Waals surface area contributed by atoms with E-state index >= 15 is 0 Å². The number of carboxylic acid groups (broad SMARTS) is 1. The van der Waals surface area contributed by atoms with Crippen molar-refractivity contribution in [2.24, 2.45) is 0 Å². The third-order valence-electron chi connectivity index (χ3n) is 5.28. The van der Waals surface area contributed by atoms with E-state index in [0.29, 0.717) is 15.4 Å². The molecule has 4 rings (SSSR count). The summed E-state index contributed by atoms with van der Waals surface area (Å²) in [6.07, 6.45) is -0.161. The van der Waals surface area contributed by atoms with Crippen LogP contribution in [0.15, 0.2) is 77.7 Å². The van der Waals surface area contributed by atoms with Crippen LogP contribution in [0, 0.1) is 0 Å². The normalized spacial score (nSPS) is 14.1. The highest BCUT2D eigenvalue weighted by Gasteiger charge is 2.37. The Morgan fingerprint density at radius 1 is 0.912 bits per heavy atom. The molecule has 174 valence electrons. The van der Waals surface area contributed by atoms with Gasteiger partial charge in [0.1, 0.15) is 4.90 Å². The van der Waals surface area contributed by atoms with Crippen LogP contribution in [0.3, 0.4) is 0 Å². The van der Waals surface area contributed by atoms with E-state index in [9.17, 15) is 22.8 Å². The summed E-state index contributed by atoms with van der Waals surface area (Å²) in [5, 5.41) is 14.2. The van der Waals surface area contributed by atoms with Gasteiger partial charge in [0.15, 0.2) is 0 Å². The van der Waals surface area contributed by atoms with Crippen LogP contribution < -0.4 is 10.6 Å². The highest BCUT2D eigenvalue weighted by Crippen LogP contribution is 2.32. The van der Waals surface area contributed by atoms with Crippen LogP contribution in [-0.4, -0.2) is 35.7 Å². The number of carbonyl (C=O) groups is 3. The maximum Gasteiger partial charge on any atom is 0.336 e. The molecule has 0 atom stereocenters. The molecule has 0 radical (unpaired) electrons. The van der Waals surface area contributed by atoms with Gasteiger partial charge in [0.05, 0.1) is 18.7 Å². The quantitative estimate of drug-likeness (QED) is 0.477. The van der Waals surface area contributed by atoms with Gasteiger partial charge >= 0.3 is 12.0 Å². The molecular formula is C24H21N3O6S. The number of hydrogen-bond acceptors (Lipinski definition) is 5. The Kier molecular flexibility index (Phi) is 6.33. The molecule has 3 aromatic carbocycles. The zero-order valence-electron chi connectivity index (χ0n) is 17.9. The number of hydrogen-bond donors (Lipinski definition) is 3. The number of amides is 3. The molecule has 3 amide bonds. The van der Waals surface area contributed by atoms with E-state index in [-0.39, 0.29) is 35.7 Å². The van der Waals surface area contributed by atoms with E-state index in [1.165, 1.54) is 18.2 Å². The van der Waals surface area contributed by atoms with Crippen LogP contribution >= 0.6 is 0 Å². The maximum atomic E-state index is 13.2. The standard InChI is InChI=1S/C24H21N3O6S/c28-22(29)12-16-6-8-18(9-7-16)15-27-24(31)26-20-11-10-19(13-21(20)34(27,32)33)23(30)25-14-17-4-2-1-3-5-17/h1-11,13H,12,14-15H2,(H,25,30)(H,26,31)(H,28,29). The molecule has 0 spiro atoms. The molecule has 0 saturated carbocycles. The molecule has 0 unspecified atom stereocenters. The molecular weight excluding hydrogens is 458 g/mol. The summed E-state index contributed by atoms with van der Waals surface area (Å²) in [4.78, 5) is 35.8. The number of carbonyl (C=O) groups excluding carboxylic acids is 2. The summed E-state index contributed by atoms with van der Waals surface area (Å²) in [7, 11) is -4.24. The molecule has 0 aliphatic carbocycles. The lowest BCUT2D eigenvalue weighted by molar-refractivity contribution is -0.136. The van der Waals surface area contributed by atoms with Gasteiger partial charge in [-0.2, -0.15) is 0 Å². The Morgan fingerprint density at radius 2 is 1.59 bits per heavy atom. The van der Waals surface area contributed by atoms with Crippen molar-refractivity contribution in [2.45, 2.75) is 24.4 Å². The number of rotatable bonds is 7. The fourth-order valence-electron chi connectivity index (χ4n) is 3.53. The second-order valence-electron chi connectivity index (χ2n) is 7.71. The predicted molar refractivity (Wildman–Crippen MR) is 124 cm³/mol. The summed E-state index contributed by atoms with van der Waals surface area (Å²) in [5.41, 5.74) is 2.20. The van der Waals surface area contributed by atoms with Crippen molar-refractivity contribution >= 4 is 33.6 Å². The zero-order chi connectivity index (χ0) is 24.3. The van der Waals surface area contributed by atoms with E-state index in [1.54, 1.807) is 24.3 Å². The van der Waals surface area contributed by atoms with E-state index in [1.807, 2.05) is 30.3 Å². The first-order valence-electron chi connectivity index (χ1n) is 10.3. The van der Waals surface area contributed by atoms with Gasteiger partial charge in [0.25, 0.3) is 15.9 Å². The summed E-state index contributed by atoms with van der Waals surface area (Å²) < 4.78 is 27.2. The number of anilines is 1. The van der Waals surface area contributed by atoms with Crippen LogP contribution in [0.5, 0.6) is 0 Å². The molecule has 1 aliphatic rings. The second-order valence-corrected chi connectivity index (χ2v) is 9.54. The Balaban J connectivity index is 1.54. The van der Waals surface area contributed by atoms with Gasteiger partial charge in [-0.3, -0.25) is 9.59 Å². The van der Waals surface area contributed by atoms with Crippen molar-refractivity contribution in [1.82, 2.24) is 9.62 Å². The van der Waals surface area contributed by atoms with Crippen LogP contribution in [-0.2, 0) is 34.3 Å². The van der Waals surface area contributed by atoms with Crippen molar-refractivity contribution in [2.75, 3.05) is 5.32 Å². The Bertz CT molecular complexity index is 1360. The maximum absolute atomic E-state index is 13.2. The largest absolute Gasteiger partial charge is 0.481 e. The number of benzene rings is 3. The Hall–Kier alpha value is -4.18. The first-order valence-corrected chi connectivity index (χ1v) is 11.8. The van der Waals surface area contributed by atoms with Gasteiger partial charge in [-0.15, -0.1) is 0 Å². The van der Waals surface area contributed by atoms with E-state index in [4.69, 9.17) is 5.11 Å². The third kappa shape index (κ3) is 4.91. The lowest BCUT2D eigenvalue weighted by atomic mass is 10.1. The molecule has 10 heteroatoms. The summed E-state index contributed by atoms with van der Waals surface area (Å²) >= 11 is 0. The molecule has 3 aromatic rings. The van der Waals surface area contributed by atoms with Gasteiger partial charge in [-0.25, -0.2) is 17.5 Å². The molecule has 0 fully saturated rings. The molecule has 0 aromatic heterocycles. The number of aliphatic carboxylic acids is 1. The number of fused-ring (bicyclic) bond motifs is 1. The monoisotopic (exact) mass is 479 g/mol. The number of nitrogens with one attached hydrogen (secondary N) is 2. The van der Waals surface area contributed by atoms with Crippen LogP contribution in [0.2, 0.25) is 0 Å². The van der Waals surface area contributed by atoms with Crippen molar-refractivity contribution in [3.05, 3.63) is 95.1 Å². The smallest absolute Gasteiger partial charge is 0.336 e. The number of sulfonamides is 1. The lowest BCUT2D eigenvalue weighted by Crippen LogP contribution is -2.43. The minimum Gasteiger partial charge on any atom is -0.481 e. The molecule has 1 heterocycles. The molecule has 0 bridgehead atoms. The summed E-state index contributed by atoms with van der Waals surface area (Å²) in [5.74, 6) is -1.43. The predicted octanol–water partition coefficient (Wildman–Crippen LogP) is 2.98. The molecule has 34 heavy (non-hydrogen) atoms. The van der Waals surface area contributed by atoms with Crippen molar-refractivity contribution < 1.29 is 27.9 Å². The minimum atomic E-state index is -4.24. The lowest BCUT2D eigenvalue weighted by Gasteiger charge is -2.29. The summed E-state index contributed by atoms with van der Waals surface area (Å²) in [6, 6.07) is 18.8. The third-order valence-corrected chi connectivity index (χ3v) is 7.05. The summed E-state index contributed by atoms with van der Waals surface area (Å²) in [6.45, 7) is 0.0373. The van der Waals surface area contributed by atoms with Crippen LogP contribution in [0.25, 0.3) is 0 Å².